The van der Waals surface area contributed by atoms with Crippen LogP contribution in [0.5, 0.6) is 0 Å². The quantitative estimate of drug-likeness (QED) is 0.546. The van der Waals surface area contributed by atoms with E-state index in [4.69, 9.17) is 0 Å². The van der Waals surface area contributed by atoms with E-state index in [1.54, 1.807) is 17.5 Å². The van der Waals surface area contributed by atoms with Crippen molar-refractivity contribution in [3.05, 3.63) is 81.6 Å². The van der Waals surface area contributed by atoms with Crippen LogP contribution in [0.3, 0.4) is 0 Å². The first-order chi connectivity index (χ1) is 14.0. The summed E-state index contributed by atoms with van der Waals surface area (Å²) in [5.41, 5.74) is 1.53. The molecule has 2 aromatic carbocycles. The highest BCUT2D eigenvalue weighted by Gasteiger charge is 2.15. The van der Waals surface area contributed by atoms with E-state index in [1.807, 2.05) is 19.1 Å². The van der Waals surface area contributed by atoms with Gasteiger partial charge >= 0.3 is 0 Å². The molecule has 0 unspecified atom stereocenters. The fourth-order valence-electron chi connectivity index (χ4n) is 3.00. The molecule has 0 saturated heterocycles. The van der Waals surface area contributed by atoms with Crippen LogP contribution in [0.4, 0.5) is 10.1 Å². The minimum atomic E-state index is -0.367. The summed E-state index contributed by atoms with van der Waals surface area (Å²) in [6.45, 7) is 1.93. The highest BCUT2D eigenvalue weighted by molar-refractivity contribution is 7.12. The summed E-state index contributed by atoms with van der Waals surface area (Å²) in [5.74, 6) is -0.0215. The first-order valence-electron chi connectivity index (χ1n) is 9.06. The van der Waals surface area contributed by atoms with Gasteiger partial charge in [0.2, 0.25) is 5.91 Å². The second kappa shape index (κ2) is 7.92. The van der Waals surface area contributed by atoms with E-state index in [0.717, 1.165) is 0 Å². The van der Waals surface area contributed by atoms with Crippen molar-refractivity contribution in [2.45, 2.75) is 19.8 Å². The van der Waals surface area contributed by atoms with Gasteiger partial charge in [0, 0.05) is 17.5 Å². The van der Waals surface area contributed by atoms with Gasteiger partial charge in [0.15, 0.2) is 5.13 Å². The van der Waals surface area contributed by atoms with Crippen molar-refractivity contribution in [1.29, 1.82) is 0 Å². The molecule has 0 radical (unpaired) electrons. The van der Waals surface area contributed by atoms with Crippen molar-refractivity contribution < 1.29 is 9.18 Å². The number of nitrogens with one attached hydrogen (secondary N) is 1. The summed E-state index contributed by atoms with van der Waals surface area (Å²) in [5, 5.41) is 5.46. The second-order valence-electron chi connectivity index (χ2n) is 6.39. The van der Waals surface area contributed by atoms with Crippen LogP contribution in [0.15, 0.2) is 58.7 Å². The molecule has 0 bridgehead atoms. The standard InChI is InChI=1S/C21H17FN4O2S/c1-2-18-25-17-6-4-3-5-16(17)20(28)26(18)21-24-15(12-29-21)11-19(27)23-14-9-7-13(22)8-10-14/h3-10,12H,2,11H2,1H3,(H,23,27). The molecule has 4 aromatic rings. The molecule has 0 aliphatic rings. The van der Waals surface area contributed by atoms with Crippen molar-refractivity contribution in [1.82, 2.24) is 14.5 Å². The maximum absolute atomic E-state index is 13.0. The van der Waals surface area contributed by atoms with Gasteiger partial charge in [-0.25, -0.2) is 18.9 Å². The average molecular weight is 408 g/mol. The zero-order valence-corrected chi connectivity index (χ0v) is 16.4. The number of para-hydroxylation sites is 1. The molecule has 2 heterocycles. The lowest BCUT2D eigenvalue weighted by Crippen LogP contribution is -2.23. The Morgan fingerprint density at radius 2 is 1.90 bits per heavy atom. The Kier molecular flexibility index (Phi) is 5.18. The Hall–Kier alpha value is -3.39. The highest BCUT2D eigenvalue weighted by atomic mass is 32.1. The van der Waals surface area contributed by atoms with Gasteiger partial charge < -0.3 is 5.32 Å². The number of hydrogen-bond donors (Lipinski definition) is 1. The maximum atomic E-state index is 13.0. The monoisotopic (exact) mass is 408 g/mol. The van der Waals surface area contributed by atoms with Crippen molar-refractivity contribution >= 4 is 33.8 Å². The molecule has 4 rings (SSSR count). The van der Waals surface area contributed by atoms with E-state index in [0.29, 0.717) is 39.7 Å². The molecule has 0 atom stereocenters. The maximum Gasteiger partial charge on any atom is 0.267 e. The van der Waals surface area contributed by atoms with E-state index in [2.05, 4.69) is 15.3 Å². The van der Waals surface area contributed by atoms with E-state index >= 15 is 0 Å². The predicted molar refractivity (Wildman–Crippen MR) is 111 cm³/mol. The molecule has 0 saturated carbocycles. The van der Waals surface area contributed by atoms with E-state index in [9.17, 15) is 14.0 Å². The molecule has 8 heteroatoms. The average Bonchev–Trinajstić information content (AvgIpc) is 3.17. The van der Waals surface area contributed by atoms with Gasteiger partial charge in [0.25, 0.3) is 5.56 Å². The number of aryl methyl sites for hydroxylation is 1. The Morgan fingerprint density at radius 3 is 2.66 bits per heavy atom. The second-order valence-corrected chi connectivity index (χ2v) is 7.23. The number of benzene rings is 2. The zero-order valence-electron chi connectivity index (χ0n) is 15.6. The van der Waals surface area contributed by atoms with E-state index in [1.165, 1.54) is 40.2 Å². The molecule has 0 spiro atoms. The third-order valence-electron chi connectivity index (χ3n) is 4.36. The number of thiazole rings is 1. The van der Waals surface area contributed by atoms with Gasteiger partial charge in [0.05, 0.1) is 23.0 Å². The Bertz CT molecular complexity index is 1250. The molecule has 1 amide bonds. The van der Waals surface area contributed by atoms with Crippen molar-refractivity contribution in [3.8, 4) is 5.13 Å². The molecule has 2 aromatic heterocycles. The van der Waals surface area contributed by atoms with Crippen molar-refractivity contribution in [3.63, 3.8) is 0 Å². The number of carbonyl (C=O) groups excluding carboxylic acids is 1. The topological polar surface area (TPSA) is 76.9 Å². The summed E-state index contributed by atoms with van der Waals surface area (Å²) in [4.78, 5) is 34.3. The number of carbonyl (C=O) groups is 1. The van der Waals surface area contributed by atoms with E-state index in [-0.39, 0.29) is 23.7 Å². The number of rotatable bonds is 5. The van der Waals surface area contributed by atoms with Crippen LogP contribution >= 0.6 is 11.3 Å². The molecular weight excluding hydrogens is 391 g/mol. The largest absolute Gasteiger partial charge is 0.326 e. The van der Waals surface area contributed by atoms with E-state index < -0.39 is 0 Å². The molecule has 29 heavy (non-hydrogen) atoms. The number of amides is 1. The van der Waals surface area contributed by atoms with Crippen LogP contribution in [-0.2, 0) is 17.6 Å². The van der Waals surface area contributed by atoms with Crippen LogP contribution in [0.2, 0.25) is 0 Å². The molecule has 0 aliphatic carbocycles. The number of halogens is 1. The third kappa shape index (κ3) is 3.93. The third-order valence-corrected chi connectivity index (χ3v) is 5.24. The van der Waals surface area contributed by atoms with Gasteiger partial charge in [-0.15, -0.1) is 11.3 Å². The first kappa shape index (κ1) is 18.9. The fraction of sp³-hybridized carbons (Fsp3) is 0.143. The minimum Gasteiger partial charge on any atom is -0.326 e. The molecule has 146 valence electrons. The molecular formula is C21H17FN4O2S. The SMILES string of the molecule is CCc1nc2ccccc2c(=O)n1-c1nc(CC(=O)Nc2ccc(F)cc2)cs1. The molecule has 6 nitrogen and oxygen atoms in total. The number of fused-ring (bicyclic) bond motifs is 1. The molecule has 0 fully saturated rings. The lowest BCUT2D eigenvalue weighted by Gasteiger charge is -2.09. The van der Waals surface area contributed by atoms with Gasteiger partial charge in [-0.3, -0.25) is 9.59 Å². The summed E-state index contributed by atoms with van der Waals surface area (Å²) < 4.78 is 14.5. The molecule has 0 aliphatic heterocycles. The summed E-state index contributed by atoms with van der Waals surface area (Å²) in [6, 6.07) is 12.7. The number of hydrogen-bond acceptors (Lipinski definition) is 5. The Balaban J connectivity index is 1.60. The van der Waals surface area contributed by atoms with Gasteiger partial charge in [-0.05, 0) is 36.4 Å². The van der Waals surface area contributed by atoms with Crippen LogP contribution in [0.1, 0.15) is 18.4 Å². The Labute approximate surface area is 169 Å². The minimum absolute atomic E-state index is 0.0467. The fourth-order valence-corrected chi connectivity index (χ4v) is 3.84. The van der Waals surface area contributed by atoms with Crippen LogP contribution in [0.25, 0.3) is 16.0 Å². The number of nitrogens with zero attached hydrogens (tertiary/aromatic N) is 3. The normalized spacial score (nSPS) is 11.0. The van der Waals surface area contributed by atoms with Crippen molar-refractivity contribution in [2.24, 2.45) is 0 Å². The van der Waals surface area contributed by atoms with Crippen LogP contribution in [-0.4, -0.2) is 20.4 Å². The summed E-state index contributed by atoms with van der Waals surface area (Å²) in [6.07, 6.45) is 0.616. The van der Waals surface area contributed by atoms with Gasteiger partial charge in [0.1, 0.15) is 11.6 Å². The predicted octanol–water partition coefficient (Wildman–Crippen LogP) is 3.72. The smallest absolute Gasteiger partial charge is 0.267 e. The van der Waals surface area contributed by atoms with Gasteiger partial charge in [-0.1, -0.05) is 19.1 Å². The Morgan fingerprint density at radius 1 is 1.14 bits per heavy atom. The zero-order chi connectivity index (χ0) is 20.4. The molecule has 1 N–H and O–H groups in total. The number of aromatic nitrogens is 3. The highest BCUT2D eigenvalue weighted by Crippen LogP contribution is 2.18. The van der Waals surface area contributed by atoms with Crippen molar-refractivity contribution in [2.75, 3.05) is 5.32 Å². The van der Waals surface area contributed by atoms with Crippen LogP contribution in [0, 0.1) is 5.82 Å². The lowest BCUT2D eigenvalue weighted by atomic mass is 10.2. The lowest BCUT2D eigenvalue weighted by molar-refractivity contribution is -0.115. The number of anilines is 1. The first-order valence-corrected chi connectivity index (χ1v) is 9.94. The van der Waals surface area contributed by atoms with Crippen LogP contribution < -0.4 is 10.9 Å². The summed E-state index contributed by atoms with van der Waals surface area (Å²) >= 11 is 1.29. The van der Waals surface area contributed by atoms with Gasteiger partial charge in [-0.2, -0.15) is 0 Å². The summed E-state index contributed by atoms with van der Waals surface area (Å²) in [7, 11) is 0.